The quantitative estimate of drug-likeness (QED) is 0.872. The molecule has 0 bridgehead atoms. The second kappa shape index (κ2) is 6.91. The summed E-state index contributed by atoms with van der Waals surface area (Å²) < 4.78 is 6.11. The summed E-state index contributed by atoms with van der Waals surface area (Å²) >= 11 is 3.49. The minimum absolute atomic E-state index is 0.656. The van der Waals surface area contributed by atoms with Crippen LogP contribution < -0.4 is 4.74 Å². The van der Waals surface area contributed by atoms with Crippen LogP contribution >= 0.6 is 15.9 Å². The van der Waals surface area contributed by atoms with Gasteiger partial charge in [-0.15, -0.1) is 0 Å². The van der Waals surface area contributed by atoms with Gasteiger partial charge in [-0.05, 0) is 35.7 Å². The summed E-state index contributed by atoms with van der Waals surface area (Å²) in [4.78, 5) is 0. The van der Waals surface area contributed by atoms with Crippen LogP contribution in [0.15, 0.2) is 46.9 Å². The first-order valence-electron chi connectivity index (χ1n) is 6.76. The van der Waals surface area contributed by atoms with Crippen molar-refractivity contribution in [3.63, 3.8) is 0 Å². The molecule has 0 aliphatic heterocycles. The standard InChI is InChI=1S/C17H19BrO2/c1-3-5-12-6-4-7-13(10-12)17(19)15-11-14(20-2)8-9-16(15)18/h4,6-11,17,19H,3,5H2,1-2H3. The van der Waals surface area contributed by atoms with Crippen LogP contribution in [0, 0.1) is 0 Å². The predicted octanol–water partition coefficient (Wildman–Crippen LogP) is 4.49. The van der Waals surface area contributed by atoms with Crippen molar-refractivity contribution in [3.05, 3.63) is 63.6 Å². The van der Waals surface area contributed by atoms with Crippen molar-refractivity contribution >= 4 is 15.9 Å². The Bertz CT molecular complexity index is 581. The van der Waals surface area contributed by atoms with Crippen LogP contribution in [0.1, 0.15) is 36.1 Å². The van der Waals surface area contributed by atoms with E-state index < -0.39 is 6.10 Å². The number of hydrogen-bond donors (Lipinski definition) is 1. The lowest BCUT2D eigenvalue weighted by Gasteiger charge is -2.15. The SMILES string of the molecule is CCCc1cccc(C(O)c2cc(OC)ccc2Br)c1. The van der Waals surface area contributed by atoms with Crippen molar-refractivity contribution in [2.24, 2.45) is 0 Å². The molecule has 0 aromatic heterocycles. The highest BCUT2D eigenvalue weighted by Gasteiger charge is 2.15. The maximum absolute atomic E-state index is 10.6. The zero-order chi connectivity index (χ0) is 14.5. The first-order chi connectivity index (χ1) is 9.65. The largest absolute Gasteiger partial charge is 0.497 e. The Kier molecular flexibility index (Phi) is 5.21. The van der Waals surface area contributed by atoms with Crippen molar-refractivity contribution in [3.8, 4) is 5.75 Å². The molecule has 0 saturated carbocycles. The Morgan fingerprint density at radius 2 is 2.00 bits per heavy atom. The fourth-order valence-corrected chi connectivity index (χ4v) is 2.71. The van der Waals surface area contributed by atoms with Crippen LogP contribution in [0.5, 0.6) is 5.75 Å². The molecule has 0 radical (unpaired) electrons. The average Bonchev–Trinajstić information content (AvgIpc) is 2.48. The molecular formula is C17H19BrO2. The molecule has 0 fully saturated rings. The van der Waals surface area contributed by atoms with E-state index in [0.717, 1.165) is 34.2 Å². The highest BCUT2D eigenvalue weighted by Crippen LogP contribution is 2.32. The number of ether oxygens (including phenoxy) is 1. The van der Waals surface area contributed by atoms with E-state index in [9.17, 15) is 5.11 Å². The molecule has 1 unspecified atom stereocenters. The molecule has 0 aliphatic rings. The van der Waals surface area contributed by atoms with Gasteiger partial charge in [-0.1, -0.05) is 53.5 Å². The summed E-state index contributed by atoms with van der Waals surface area (Å²) in [6, 6.07) is 13.7. The van der Waals surface area contributed by atoms with Gasteiger partial charge in [-0.2, -0.15) is 0 Å². The molecule has 2 rings (SSSR count). The number of aliphatic hydroxyl groups is 1. The maximum Gasteiger partial charge on any atom is 0.119 e. The molecule has 0 amide bonds. The molecule has 106 valence electrons. The minimum atomic E-state index is -0.656. The molecule has 0 spiro atoms. The van der Waals surface area contributed by atoms with E-state index in [-0.39, 0.29) is 0 Å². The van der Waals surface area contributed by atoms with Gasteiger partial charge < -0.3 is 9.84 Å². The van der Waals surface area contributed by atoms with Gasteiger partial charge in [0.2, 0.25) is 0 Å². The molecule has 1 atom stereocenters. The first kappa shape index (κ1) is 15.1. The zero-order valence-corrected chi connectivity index (χ0v) is 13.4. The van der Waals surface area contributed by atoms with Crippen molar-refractivity contribution < 1.29 is 9.84 Å². The average molecular weight is 335 g/mol. The summed E-state index contributed by atoms with van der Waals surface area (Å²) in [5.41, 5.74) is 2.98. The van der Waals surface area contributed by atoms with Crippen molar-refractivity contribution in [1.29, 1.82) is 0 Å². The van der Waals surface area contributed by atoms with Gasteiger partial charge in [0, 0.05) is 10.0 Å². The first-order valence-corrected chi connectivity index (χ1v) is 7.55. The summed E-state index contributed by atoms with van der Waals surface area (Å²) in [6.45, 7) is 2.15. The molecule has 2 nitrogen and oxygen atoms in total. The summed E-state index contributed by atoms with van der Waals surface area (Å²) in [7, 11) is 1.63. The van der Waals surface area contributed by atoms with Gasteiger partial charge in [-0.3, -0.25) is 0 Å². The van der Waals surface area contributed by atoms with Gasteiger partial charge >= 0.3 is 0 Å². The number of hydrogen-bond acceptors (Lipinski definition) is 2. The number of benzene rings is 2. The fourth-order valence-electron chi connectivity index (χ4n) is 2.25. The van der Waals surface area contributed by atoms with Gasteiger partial charge in [-0.25, -0.2) is 0 Å². The lowest BCUT2D eigenvalue weighted by atomic mass is 9.98. The third-order valence-corrected chi connectivity index (χ3v) is 4.03. The maximum atomic E-state index is 10.6. The Morgan fingerprint density at radius 1 is 1.20 bits per heavy atom. The molecule has 0 aliphatic carbocycles. The Labute approximate surface area is 128 Å². The van der Waals surface area contributed by atoms with Crippen LogP contribution in [0.25, 0.3) is 0 Å². The van der Waals surface area contributed by atoms with E-state index in [1.807, 2.05) is 30.3 Å². The Morgan fingerprint density at radius 3 is 2.70 bits per heavy atom. The van der Waals surface area contributed by atoms with Crippen LogP contribution in [-0.2, 0) is 6.42 Å². The summed E-state index contributed by atoms with van der Waals surface area (Å²) in [5, 5.41) is 10.6. The van der Waals surface area contributed by atoms with Crippen LogP contribution in [0.4, 0.5) is 0 Å². The Hall–Kier alpha value is -1.32. The summed E-state index contributed by atoms with van der Waals surface area (Å²) in [6.07, 6.45) is 1.47. The number of halogens is 1. The number of aryl methyl sites for hydroxylation is 1. The normalized spacial score (nSPS) is 12.2. The molecule has 0 heterocycles. The number of methoxy groups -OCH3 is 1. The molecule has 2 aromatic carbocycles. The molecule has 0 saturated heterocycles. The van der Waals surface area contributed by atoms with Gasteiger partial charge in [0.15, 0.2) is 0 Å². The smallest absolute Gasteiger partial charge is 0.119 e. The van der Waals surface area contributed by atoms with Gasteiger partial charge in [0.05, 0.1) is 7.11 Å². The van der Waals surface area contributed by atoms with E-state index in [1.54, 1.807) is 7.11 Å². The minimum Gasteiger partial charge on any atom is -0.497 e. The van der Waals surface area contributed by atoms with E-state index in [4.69, 9.17) is 4.74 Å². The molecule has 20 heavy (non-hydrogen) atoms. The van der Waals surface area contributed by atoms with Crippen LogP contribution in [-0.4, -0.2) is 12.2 Å². The number of aliphatic hydroxyl groups excluding tert-OH is 1. The van der Waals surface area contributed by atoms with E-state index in [1.165, 1.54) is 5.56 Å². The highest BCUT2D eigenvalue weighted by atomic mass is 79.9. The van der Waals surface area contributed by atoms with E-state index in [2.05, 4.69) is 35.0 Å². The molecule has 2 aromatic rings. The van der Waals surface area contributed by atoms with E-state index in [0.29, 0.717) is 0 Å². The second-order valence-corrected chi connectivity index (χ2v) is 5.64. The Balaban J connectivity index is 2.35. The van der Waals surface area contributed by atoms with Crippen molar-refractivity contribution in [2.75, 3.05) is 7.11 Å². The molecule has 3 heteroatoms. The lowest BCUT2D eigenvalue weighted by Crippen LogP contribution is -2.02. The predicted molar refractivity (Wildman–Crippen MR) is 85.2 cm³/mol. The van der Waals surface area contributed by atoms with Gasteiger partial charge in [0.25, 0.3) is 0 Å². The van der Waals surface area contributed by atoms with Crippen molar-refractivity contribution in [1.82, 2.24) is 0 Å². The third kappa shape index (κ3) is 3.41. The molecular weight excluding hydrogens is 316 g/mol. The van der Waals surface area contributed by atoms with Crippen LogP contribution in [0.3, 0.4) is 0 Å². The molecule has 1 N–H and O–H groups in total. The van der Waals surface area contributed by atoms with E-state index >= 15 is 0 Å². The second-order valence-electron chi connectivity index (χ2n) is 4.79. The monoisotopic (exact) mass is 334 g/mol. The number of rotatable bonds is 5. The van der Waals surface area contributed by atoms with Crippen LogP contribution in [0.2, 0.25) is 0 Å². The topological polar surface area (TPSA) is 29.5 Å². The zero-order valence-electron chi connectivity index (χ0n) is 11.8. The lowest BCUT2D eigenvalue weighted by molar-refractivity contribution is 0.219. The fraction of sp³-hybridized carbons (Fsp3) is 0.294. The van der Waals surface area contributed by atoms with Gasteiger partial charge in [0.1, 0.15) is 11.9 Å². The third-order valence-electron chi connectivity index (χ3n) is 3.30. The highest BCUT2D eigenvalue weighted by molar-refractivity contribution is 9.10. The summed E-state index contributed by atoms with van der Waals surface area (Å²) in [5.74, 6) is 0.743. The van der Waals surface area contributed by atoms with Crippen molar-refractivity contribution in [2.45, 2.75) is 25.9 Å².